The summed E-state index contributed by atoms with van der Waals surface area (Å²) < 4.78 is 0. The van der Waals surface area contributed by atoms with Crippen LogP contribution < -0.4 is 0 Å². The van der Waals surface area contributed by atoms with Gasteiger partial charge in [-0.05, 0) is 42.7 Å². The van der Waals surface area contributed by atoms with Crippen LogP contribution in [-0.2, 0) is 6.42 Å². The third-order valence-electron chi connectivity index (χ3n) is 3.75. The van der Waals surface area contributed by atoms with Gasteiger partial charge in [-0.1, -0.05) is 36.4 Å². The Labute approximate surface area is 85.6 Å². The highest BCUT2D eigenvalue weighted by Gasteiger charge is 2.28. The largest absolute Gasteiger partial charge is 0.0879 e. The zero-order valence-corrected chi connectivity index (χ0v) is 8.45. The van der Waals surface area contributed by atoms with Gasteiger partial charge in [0.05, 0.1) is 0 Å². The van der Waals surface area contributed by atoms with Crippen molar-refractivity contribution in [3.05, 3.63) is 47.5 Å². The van der Waals surface area contributed by atoms with Gasteiger partial charge >= 0.3 is 0 Å². The molecule has 0 N–H and O–H groups in total. The van der Waals surface area contributed by atoms with Crippen molar-refractivity contribution in [2.24, 2.45) is 5.92 Å². The van der Waals surface area contributed by atoms with Gasteiger partial charge in [-0.15, -0.1) is 0 Å². The van der Waals surface area contributed by atoms with Crippen LogP contribution in [0.1, 0.15) is 36.3 Å². The molecular formula is C14H16. The number of fused-ring (bicyclic) bond motifs is 3. The Morgan fingerprint density at radius 2 is 2.00 bits per heavy atom. The Balaban J connectivity index is 2.07. The van der Waals surface area contributed by atoms with E-state index in [0.29, 0.717) is 0 Å². The van der Waals surface area contributed by atoms with Crippen LogP contribution in [0.4, 0.5) is 0 Å². The predicted octanol–water partition coefficient (Wildman–Crippen LogP) is 3.68. The highest BCUT2D eigenvalue weighted by Crippen LogP contribution is 2.41. The summed E-state index contributed by atoms with van der Waals surface area (Å²) in [5, 5.41) is 0. The summed E-state index contributed by atoms with van der Waals surface area (Å²) in [4.78, 5) is 0. The minimum absolute atomic E-state index is 0.730. The van der Waals surface area contributed by atoms with E-state index in [1.807, 2.05) is 0 Å². The van der Waals surface area contributed by atoms with Crippen molar-refractivity contribution >= 4 is 0 Å². The van der Waals surface area contributed by atoms with Gasteiger partial charge in [0.15, 0.2) is 0 Å². The van der Waals surface area contributed by atoms with Crippen LogP contribution in [0.25, 0.3) is 0 Å². The fourth-order valence-corrected chi connectivity index (χ4v) is 3.00. The second-order valence-electron chi connectivity index (χ2n) is 4.53. The molecule has 14 heavy (non-hydrogen) atoms. The lowest BCUT2D eigenvalue weighted by Gasteiger charge is -2.34. The Morgan fingerprint density at radius 1 is 1.07 bits per heavy atom. The van der Waals surface area contributed by atoms with Crippen LogP contribution in [0.15, 0.2) is 36.4 Å². The molecule has 0 spiro atoms. The molecule has 1 aromatic rings. The highest BCUT2D eigenvalue weighted by atomic mass is 14.3. The molecular weight excluding hydrogens is 168 g/mol. The van der Waals surface area contributed by atoms with Crippen LogP contribution >= 0.6 is 0 Å². The van der Waals surface area contributed by atoms with Crippen LogP contribution in [0.5, 0.6) is 0 Å². The van der Waals surface area contributed by atoms with E-state index < -0.39 is 0 Å². The number of hydrogen-bond acceptors (Lipinski definition) is 0. The van der Waals surface area contributed by atoms with Gasteiger partial charge in [0.25, 0.3) is 0 Å². The zero-order valence-electron chi connectivity index (χ0n) is 8.45. The van der Waals surface area contributed by atoms with E-state index in [0.717, 1.165) is 11.8 Å². The topological polar surface area (TPSA) is 0 Å². The molecule has 2 aliphatic carbocycles. The maximum absolute atomic E-state index is 2.44. The fourth-order valence-electron chi connectivity index (χ4n) is 3.00. The number of rotatable bonds is 0. The van der Waals surface area contributed by atoms with Gasteiger partial charge in [-0.3, -0.25) is 0 Å². The molecule has 0 saturated heterocycles. The summed E-state index contributed by atoms with van der Waals surface area (Å²) in [6.45, 7) is 0. The molecule has 2 aliphatic rings. The van der Waals surface area contributed by atoms with Gasteiger partial charge < -0.3 is 0 Å². The Morgan fingerprint density at radius 3 is 3.00 bits per heavy atom. The van der Waals surface area contributed by atoms with E-state index in [2.05, 4.69) is 36.4 Å². The average molecular weight is 184 g/mol. The van der Waals surface area contributed by atoms with Crippen molar-refractivity contribution in [1.82, 2.24) is 0 Å². The van der Waals surface area contributed by atoms with E-state index in [4.69, 9.17) is 0 Å². The lowest BCUT2D eigenvalue weighted by molar-refractivity contribution is 0.379. The minimum atomic E-state index is 0.730. The van der Waals surface area contributed by atoms with Crippen LogP contribution in [-0.4, -0.2) is 0 Å². The van der Waals surface area contributed by atoms with E-state index in [1.54, 1.807) is 11.1 Å². The van der Waals surface area contributed by atoms with Gasteiger partial charge in [0, 0.05) is 5.92 Å². The van der Waals surface area contributed by atoms with Gasteiger partial charge in [0.1, 0.15) is 0 Å². The molecule has 0 heterocycles. The number of hydrogen-bond donors (Lipinski definition) is 0. The fraction of sp³-hybridized carbons (Fsp3) is 0.429. The smallest absolute Gasteiger partial charge is 0.00492 e. The molecule has 0 heteroatoms. The summed E-state index contributed by atoms with van der Waals surface area (Å²) in [6, 6.07) is 8.98. The standard InChI is InChI=1S/C14H16/c1-3-7-13-11(5-1)9-10-12-6-2-4-8-14(12)13/h1,3-5,7-8,12,14H,2,6,9-10H2/t12-,14-/m0/s1. The normalized spacial score (nSPS) is 29.4. The van der Waals surface area contributed by atoms with Crippen LogP contribution in [0.3, 0.4) is 0 Å². The molecule has 0 amide bonds. The molecule has 0 bridgehead atoms. The molecule has 72 valence electrons. The van der Waals surface area contributed by atoms with Crippen molar-refractivity contribution in [2.45, 2.75) is 31.6 Å². The van der Waals surface area contributed by atoms with Crippen molar-refractivity contribution in [2.75, 3.05) is 0 Å². The van der Waals surface area contributed by atoms with E-state index >= 15 is 0 Å². The molecule has 1 aromatic carbocycles. The third-order valence-corrected chi connectivity index (χ3v) is 3.75. The Hall–Kier alpha value is -1.04. The number of aryl methyl sites for hydroxylation is 1. The van der Waals surface area contributed by atoms with Crippen LogP contribution in [0.2, 0.25) is 0 Å². The minimum Gasteiger partial charge on any atom is -0.0879 e. The molecule has 0 aromatic heterocycles. The number of allylic oxidation sites excluding steroid dienone is 2. The summed E-state index contributed by atoms with van der Waals surface area (Å²) in [6.07, 6.45) is 10.2. The second kappa shape index (κ2) is 3.27. The summed E-state index contributed by atoms with van der Waals surface area (Å²) >= 11 is 0. The first kappa shape index (κ1) is 8.28. The highest BCUT2D eigenvalue weighted by molar-refractivity contribution is 5.36. The molecule has 0 aliphatic heterocycles. The summed E-state index contributed by atoms with van der Waals surface area (Å²) in [5.74, 6) is 1.66. The number of benzene rings is 1. The van der Waals surface area contributed by atoms with Crippen molar-refractivity contribution in [3.63, 3.8) is 0 Å². The molecule has 0 radical (unpaired) electrons. The molecule has 0 fully saturated rings. The summed E-state index contributed by atoms with van der Waals surface area (Å²) in [7, 11) is 0. The lowest BCUT2D eigenvalue weighted by Crippen LogP contribution is -2.21. The first-order chi connectivity index (χ1) is 6.95. The first-order valence-electron chi connectivity index (χ1n) is 5.69. The van der Waals surface area contributed by atoms with Gasteiger partial charge in [-0.25, -0.2) is 0 Å². The Kier molecular flexibility index (Phi) is 1.93. The van der Waals surface area contributed by atoms with E-state index in [1.165, 1.54) is 25.7 Å². The van der Waals surface area contributed by atoms with Gasteiger partial charge in [-0.2, -0.15) is 0 Å². The molecule has 0 saturated carbocycles. The lowest BCUT2D eigenvalue weighted by atomic mass is 9.71. The first-order valence-corrected chi connectivity index (χ1v) is 5.69. The van der Waals surface area contributed by atoms with E-state index in [-0.39, 0.29) is 0 Å². The second-order valence-corrected chi connectivity index (χ2v) is 4.53. The van der Waals surface area contributed by atoms with E-state index in [9.17, 15) is 0 Å². The molecule has 0 nitrogen and oxygen atoms in total. The molecule has 2 atom stereocenters. The SMILES string of the molecule is C1=C[C@@H]2c3ccccc3CC[C@@H]2CC1. The quantitative estimate of drug-likeness (QED) is 0.539. The maximum atomic E-state index is 2.44. The summed E-state index contributed by atoms with van der Waals surface area (Å²) in [5.41, 5.74) is 3.18. The molecule has 3 rings (SSSR count). The Bertz CT molecular complexity index is 362. The monoisotopic (exact) mass is 184 g/mol. The van der Waals surface area contributed by atoms with Crippen molar-refractivity contribution < 1.29 is 0 Å². The third kappa shape index (κ3) is 1.21. The predicted molar refractivity (Wildman–Crippen MR) is 59.4 cm³/mol. The maximum Gasteiger partial charge on any atom is 0.00492 e. The zero-order chi connectivity index (χ0) is 9.38. The average Bonchev–Trinajstić information content (AvgIpc) is 2.29. The van der Waals surface area contributed by atoms with Crippen LogP contribution in [0, 0.1) is 5.92 Å². The molecule has 0 unspecified atom stereocenters. The van der Waals surface area contributed by atoms with Crippen molar-refractivity contribution in [1.29, 1.82) is 0 Å². The van der Waals surface area contributed by atoms with Gasteiger partial charge in [0.2, 0.25) is 0 Å². The van der Waals surface area contributed by atoms with Crippen molar-refractivity contribution in [3.8, 4) is 0 Å².